The van der Waals surface area contributed by atoms with E-state index in [2.05, 4.69) is 35.0 Å². The van der Waals surface area contributed by atoms with E-state index in [1.165, 1.54) is 63.4 Å². The van der Waals surface area contributed by atoms with E-state index in [9.17, 15) is 4.39 Å². The maximum Gasteiger partial charge on any atom is 0.126 e. The molecule has 0 unspecified atom stereocenters. The van der Waals surface area contributed by atoms with E-state index in [0.29, 0.717) is 0 Å². The van der Waals surface area contributed by atoms with Crippen LogP contribution >= 0.6 is 15.9 Å². The van der Waals surface area contributed by atoms with Gasteiger partial charge in [0.25, 0.3) is 0 Å². The van der Waals surface area contributed by atoms with Crippen LogP contribution in [0.3, 0.4) is 0 Å². The van der Waals surface area contributed by atoms with Crippen LogP contribution in [0.1, 0.15) is 82.3 Å². The van der Waals surface area contributed by atoms with Crippen molar-refractivity contribution in [2.75, 3.05) is 0 Å². The lowest BCUT2D eigenvalue weighted by Crippen LogP contribution is -2.25. The van der Waals surface area contributed by atoms with Gasteiger partial charge in [-0.3, -0.25) is 0 Å². The van der Waals surface area contributed by atoms with E-state index >= 15 is 0 Å². The summed E-state index contributed by atoms with van der Waals surface area (Å²) in [5.74, 6) is 3.61. The largest absolute Gasteiger partial charge is 0.207 e. The number of rotatable bonds is 7. The molecule has 0 spiro atoms. The summed E-state index contributed by atoms with van der Waals surface area (Å²) in [4.78, 5) is 2.05. The molecule has 0 N–H and O–H groups in total. The van der Waals surface area contributed by atoms with Gasteiger partial charge in [-0.05, 0) is 104 Å². The molecule has 0 bridgehead atoms. The molecule has 0 heterocycles. The Labute approximate surface area is 174 Å². The zero-order chi connectivity index (χ0) is 19.1. The molecule has 3 rings (SSSR count). The van der Waals surface area contributed by atoms with Crippen molar-refractivity contribution in [2.24, 2.45) is 23.7 Å². The van der Waals surface area contributed by atoms with E-state index in [1.54, 1.807) is 6.07 Å². The molecule has 1 aromatic rings. The first-order chi connectivity index (χ1) is 13.2. The van der Waals surface area contributed by atoms with Crippen LogP contribution in [-0.4, -0.2) is 0 Å². The first-order valence-electron chi connectivity index (χ1n) is 11.2. The van der Waals surface area contributed by atoms with E-state index < -0.39 is 0 Å². The predicted octanol–water partition coefficient (Wildman–Crippen LogP) is 8.23. The molecule has 27 heavy (non-hydrogen) atoms. The summed E-state index contributed by atoms with van der Waals surface area (Å²) in [6.07, 6.45) is 17.7. The quantitative estimate of drug-likeness (QED) is 0.405. The van der Waals surface area contributed by atoms with Gasteiger partial charge in [-0.1, -0.05) is 60.3 Å². The Kier molecular flexibility index (Phi) is 8.43. The Hall–Kier alpha value is -0.630. The molecular formula is C25H36BrF. The molecule has 150 valence electrons. The van der Waals surface area contributed by atoms with E-state index in [4.69, 9.17) is 0 Å². The third-order valence-electron chi connectivity index (χ3n) is 7.20. The fourth-order valence-electron chi connectivity index (χ4n) is 5.45. The minimum absolute atomic E-state index is 0.00316. The van der Waals surface area contributed by atoms with Crippen molar-refractivity contribution in [3.8, 4) is 0 Å². The van der Waals surface area contributed by atoms with Crippen LogP contribution in [0.4, 0.5) is 4.39 Å². The highest BCUT2D eigenvalue weighted by Crippen LogP contribution is 2.42. The SMILES string of the molecule is CCCc1ccc(CCC2CCC(C3CCC(C=CBr)CC3)CC2)cc1F. The highest BCUT2D eigenvalue weighted by molar-refractivity contribution is 9.11. The summed E-state index contributed by atoms with van der Waals surface area (Å²) < 4.78 is 14.1. The van der Waals surface area contributed by atoms with Crippen LogP contribution in [0.25, 0.3) is 0 Å². The molecule has 0 amide bonds. The second-order valence-corrected chi connectivity index (χ2v) is 9.52. The van der Waals surface area contributed by atoms with Crippen LogP contribution in [0, 0.1) is 29.5 Å². The Morgan fingerprint density at radius 3 is 2.22 bits per heavy atom. The van der Waals surface area contributed by atoms with Gasteiger partial charge in [0.15, 0.2) is 0 Å². The average Bonchev–Trinajstić information content (AvgIpc) is 2.70. The second-order valence-electron chi connectivity index (χ2n) is 8.99. The fourth-order valence-corrected chi connectivity index (χ4v) is 5.88. The first kappa shape index (κ1) is 21.1. The average molecular weight is 435 g/mol. The lowest BCUT2D eigenvalue weighted by Gasteiger charge is -2.37. The van der Waals surface area contributed by atoms with Crippen LogP contribution in [0.5, 0.6) is 0 Å². The van der Waals surface area contributed by atoms with Crippen molar-refractivity contribution in [1.82, 2.24) is 0 Å². The Balaban J connectivity index is 1.39. The summed E-state index contributed by atoms with van der Waals surface area (Å²) >= 11 is 3.43. The number of benzene rings is 1. The molecule has 2 aliphatic rings. The zero-order valence-corrected chi connectivity index (χ0v) is 18.5. The van der Waals surface area contributed by atoms with E-state index in [0.717, 1.165) is 48.5 Å². The molecule has 1 aromatic carbocycles. The Morgan fingerprint density at radius 1 is 0.963 bits per heavy atom. The molecule has 0 radical (unpaired) electrons. The molecular weight excluding hydrogens is 399 g/mol. The molecule has 2 aliphatic carbocycles. The standard InChI is InChI=1S/C25H36BrF/c1-2-3-24-15-10-21(18-25(24)27)5-4-19-6-11-22(12-7-19)23-13-8-20(9-14-23)16-17-26/h10,15-20,22-23H,2-9,11-14H2,1H3. The molecule has 0 aliphatic heterocycles. The van der Waals surface area contributed by atoms with Gasteiger partial charge in [0.1, 0.15) is 5.82 Å². The smallest absolute Gasteiger partial charge is 0.126 e. The van der Waals surface area contributed by atoms with Crippen molar-refractivity contribution in [1.29, 1.82) is 0 Å². The predicted molar refractivity (Wildman–Crippen MR) is 118 cm³/mol. The minimum atomic E-state index is 0.00316. The summed E-state index contributed by atoms with van der Waals surface area (Å²) in [5.41, 5.74) is 2.07. The topological polar surface area (TPSA) is 0 Å². The number of aryl methyl sites for hydroxylation is 2. The van der Waals surface area contributed by atoms with Crippen LogP contribution < -0.4 is 0 Å². The molecule has 0 atom stereocenters. The maximum absolute atomic E-state index is 14.1. The summed E-state index contributed by atoms with van der Waals surface area (Å²) in [5, 5.41) is 0. The highest BCUT2D eigenvalue weighted by atomic mass is 79.9. The summed E-state index contributed by atoms with van der Waals surface area (Å²) in [6, 6.07) is 5.95. The molecule has 0 saturated heterocycles. The van der Waals surface area contributed by atoms with Crippen molar-refractivity contribution in [3.05, 3.63) is 46.2 Å². The number of allylic oxidation sites excluding steroid dienone is 1. The normalized spacial score (nSPS) is 29.3. The van der Waals surface area contributed by atoms with Crippen molar-refractivity contribution in [2.45, 2.75) is 84.0 Å². The molecule has 0 aromatic heterocycles. The van der Waals surface area contributed by atoms with Gasteiger partial charge in [-0.2, -0.15) is 0 Å². The molecule has 2 saturated carbocycles. The van der Waals surface area contributed by atoms with Crippen LogP contribution in [-0.2, 0) is 12.8 Å². The number of hydrogen-bond donors (Lipinski definition) is 0. The first-order valence-corrected chi connectivity index (χ1v) is 12.1. The van der Waals surface area contributed by atoms with Crippen LogP contribution in [0.2, 0.25) is 0 Å². The van der Waals surface area contributed by atoms with Crippen molar-refractivity contribution >= 4 is 15.9 Å². The van der Waals surface area contributed by atoms with Gasteiger partial charge >= 0.3 is 0 Å². The lowest BCUT2D eigenvalue weighted by atomic mass is 9.68. The van der Waals surface area contributed by atoms with Gasteiger partial charge < -0.3 is 0 Å². The second kappa shape index (κ2) is 10.8. The van der Waals surface area contributed by atoms with Gasteiger partial charge in [0, 0.05) is 0 Å². The van der Waals surface area contributed by atoms with E-state index in [-0.39, 0.29) is 5.82 Å². The molecule has 0 nitrogen and oxygen atoms in total. The van der Waals surface area contributed by atoms with Crippen molar-refractivity contribution < 1.29 is 4.39 Å². The summed E-state index contributed by atoms with van der Waals surface area (Å²) in [6.45, 7) is 2.11. The monoisotopic (exact) mass is 434 g/mol. The number of hydrogen-bond acceptors (Lipinski definition) is 0. The maximum atomic E-state index is 14.1. The van der Waals surface area contributed by atoms with E-state index in [1.807, 2.05) is 11.1 Å². The van der Waals surface area contributed by atoms with Crippen molar-refractivity contribution in [3.63, 3.8) is 0 Å². The zero-order valence-electron chi connectivity index (χ0n) is 16.9. The third-order valence-corrected chi connectivity index (χ3v) is 7.50. The van der Waals surface area contributed by atoms with Gasteiger partial charge in [0.2, 0.25) is 0 Å². The molecule has 2 fully saturated rings. The number of halogens is 2. The fraction of sp³-hybridized carbons (Fsp3) is 0.680. The molecule has 2 heteroatoms. The highest BCUT2D eigenvalue weighted by Gasteiger charge is 2.30. The third kappa shape index (κ3) is 6.17. The minimum Gasteiger partial charge on any atom is -0.207 e. The van der Waals surface area contributed by atoms with Gasteiger partial charge in [-0.25, -0.2) is 4.39 Å². The lowest BCUT2D eigenvalue weighted by molar-refractivity contribution is 0.153. The Bertz CT molecular complexity index is 592. The Morgan fingerprint density at radius 2 is 1.63 bits per heavy atom. The van der Waals surface area contributed by atoms with Gasteiger partial charge in [-0.15, -0.1) is 0 Å². The van der Waals surface area contributed by atoms with Gasteiger partial charge in [0.05, 0.1) is 0 Å². The van der Waals surface area contributed by atoms with Crippen LogP contribution in [0.15, 0.2) is 29.3 Å². The summed E-state index contributed by atoms with van der Waals surface area (Å²) in [7, 11) is 0.